The lowest BCUT2D eigenvalue weighted by molar-refractivity contribution is 0.0678. The van der Waals surface area contributed by atoms with Crippen molar-refractivity contribution >= 4 is 17.5 Å². The van der Waals surface area contributed by atoms with Crippen LogP contribution in [0.3, 0.4) is 0 Å². The molecule has 0 aromatic heterocycles. The molecule has 1 aliphatic heterocycles. The van der Waals surface area contributed by atoms with Crippen molar-refractivity contribution in [1.82, 2.24) is 4.90 Å². The van der Waals surface area contributed by atoms with Crippen LogP contribution in [-0.4, -0.2) is 23.9 Å². The van der Waals surface area contributed by atoms with Gasteiger partial charge in [-0.3, -0.25) is 4.79 Å². The molecule has 92 valence electrons. The maximum Gasteiger partial charge on any atom is 0.258 e. The highest BCUT2D eigenvalue weighted by molar-refractivity contribution is 6.33. The molecule has 4 heteroatoms. The van der Waals surface area contributed by atoms with Crippen LogP contribution in [0.25, 0.3) is 0 Å². The Labute approximate surface area is 105 Å². The molecule has 1 fully saturated rings. The first kappa shape index (κ1) is 12.4. The molecule has 0 bridgehead atoms. The first-order valence-corrected chi connectivity index (χ1v) is 6.20. The average molecular weight is 256 g/mol. The Morgan fingerprint density at radius 2 is 2.29 bits per heavy atom. The second-order valence-electron chi connectivity index (χ2n) is 4.60. The third-order valence-corrected chi connectivity index (χ3v) is 3.44. The third-order valence-electron chi connectivity index (χ3n) is 3.12. The number of nitrogens with zero attached hydrogens (tertiary/aromatic N) is 1. The topological polar surface area (TPSA) is 20.3 Å². The Bertz CT molecular complexity index is 415. The van der Waals surface area contributed by atoms with Gasteiger partial charge in [0.25, 0.3) is 5.91 Å². The highest BCUT2D eigenvalue weighted by Crippen LogP contribution is 2.23. The van der Waals surface area contributed by atoms with Crippen LogP contribution in [0.4, 0.5) is 4.39 Å². The fourth-order valence-electron chi connectivity index (χ4n) is 2.23. The number of likely N-dealkylation sites (tertiary alicyclic amines) is 1. The molecule has 0 spiro atoms. The molecule has 0 unspecified atom stereocenters. The second kappa shape index (κ2) is 5.05. The molecule has 1 saturated heterocycles. The molecule has 0 N–H and O–H groups in total. The largest absolute Gasteiger partial charge is 0.338 e. The SMILES string of the molecule is C[C@@H]1CCCN(C(=O)c2c(F)cccc2Cl)C1. The number of carbonyl (C=O) groups excluding carboxylic acids is 1. The molecule has 0 radical (unpaired) electrons. The number of amides is 1. The fraction of sp³-hybridized carbons (Fsp3) is 0.462. The van der Waals surface area contributed by atoms with E-state index in [1.165, 1.54) is 12.1 Å². The zero-order chi connectivity index (χ0) is 12.4. The lowest BCUT2D eigenvalue weighted by Crippen LogP contribution is -2.39. The molecule has 17 heavy (non-hydrogen) atoms. The highest BCUT2D eigenvalue weighted by atomic mass is 35.5. The minimum absolute atomic E-state index is 0.00302. The molecular weight excluding hydrogens is 241 g/mol. The van der Waals surface area contributed by atoms with E-state index >= 15 is 0 Å². The predicted octanol–water partition coefficient (Wildman–Crippen LogP) is 3.35. The number of piperidine rings is 1. The molecular formula is C13H15ClFNO. The first-order valence-electron chi connectivity index (χ1n) is 5.83. The molecule has 1 aromatic rings. The molecule has 1 aromatic carbocycles. The van der Waals surface area contributed by atoms with E-state index < -0.39 is 5.82 Å². The van der Waals surface area contributed by atoms with Gasteiger partial charge in [-0.2, -0.15) is 0 Å². The van der Waals surface area contributed by atoms with Gasteiger partial charge in [0.2, 0.25) is 0 Å². The summed E-state index contributed by atoms with van der Waals surface area (Å²) in [7, 11) is 0. The van der Waals surface area contributed by atoms with Gasteiger partial charge < -0.3 is 4.90 Å². The smallest absolute Gasteiger partial charge is 0.258 e. The van der Waals surface area contributed by atoms with Crippen LogP contribution < -0.4 is 0 Å². The van der Waals surface area contributed by atoms with Crippen molar-refractivity contribution in [3.8, 4) is 0 Å². The maximum atomic E-state index is 13.6. The highest BCUT2D eigenvalue weighted by Gasteiger charge is 2.25. The number of benzene rings is 1. The molecule has 1 aliphatic rings. The zero-order valence-electron chi connectivity index (χ0n) is 9.75. The van der Waals surface area contributed by atoms with Crippen LogP contribution in [-0.2, 0) is 0 Å². The average Bonchev–Trinajstić information content (AvgIpc) is 2.28. The summed E-state index contributed by atoms with van der Waals surface area (Å²) < 4.78 is 13.6. The summed E-state index contributed by atoms with van der Waals surface area (Å²) in [5, 5.41) is 0.188. The van der Waals surface area contributed by atoms with Gasteiger partial charge in [-0.25, -0.2) is 4.39 Å². The van der Waals surface area contributed by atoms with Gasteiger partial charge in [-0.05, 0) is 30.9 Å². The third kappa shape index (κ3) is 2.60. The number of rotatable bonds is 1. The van der Waals surface area contributed by atoms with E-state index in [-0.39, 0.29) is 16.5 Å². The van der Waals surface area contributed by atoms with E-state index in [1.807, 2.05) is 0 Å². The Kier molecular flexibility index (Phi) is 3.67. The van der Waals surface area contributed by atoms with Crippen molar-refractivity contribution in [3.63, 3.8) is 0 Å². The number of hydrogen-bond donors (Lipinski definition) is 0. The maximum absolute atomic E-state index is 13.6. The summed E-state index contributed by atoms with van der Waals surface area (Å²) in [6.07, 6.45) is 2.09. The summed E-state index contributed by atoms with van der Waals surface area (Å²) in [5.41, 5.74) is 0.00302. The first-order chi connectivity index (χ1) is 8.09. The molecule has 1 amide bonds. The van der Waals surface area contributed by atoms with Crippen molar-refractivity contribution in [2.45, 2.75) is 19.8 Å². The van der Waals surface area contributed by atoms with Crippen LogP contribution in [0.1, 0.15) is 30.1 Å². The number of halogens is 2. The van der Waals surface area contributed by atoms with Crippen LogP contribution in [0.15, 0.2) is 18.2 Å². The van der Waals surface area contributed by atoms with E-state index in [9.17, 15) is 9.18 Å². The summed E-state index contributed by atoms with van der Waals surface area (Å²) in [6.45, 7) is 3.47. The summed E-state index contributed by atoms with van der Waals surface area (Å²) in [4.78, 5) is 13.9. The molecule has 1 heterocycles. The van der Waals surface area contributed by atoms with Gasteiger partial charge in [-0.15, -0.1) is 0 Å². The van der Waals surface area contributed by atoms with Gasteiger partial charge in [0.1, 0.15) is 5.82 Å². The van der Waals surface area contributed by atoms with Gasteiger partial charge in [0.15, 0.2) is 0 Å². The second-order valence-corrected chi connectivity index (χ2v) is 5.00. The number of carbonyl (C=O) groups is 1. The van der Waals surface area contributed by atoms with Gasteiger partial charge in [0.05, 0.1) is 10.6 Å². The molecule has 1 atom stereocenters. The van der Waals surface area contributed by atoms with E-state index in [4.69, 9.17) is 11.6 Å². The molecule has 0 aliphatic carbocycles. The van der Waals surface area contributed by atoms with Gasteiger partial charge in [-0.1, -0.05) is 24.6 Å². The molecule has 2 rings (SSSR count). The van der Waals surface area contributed by atoms with Crippen molar-refractivity contribution in [2.75, 3.05) is 13.1 Å². The minimum Gasteiger partial charge on any atom is -0.338 e. The molecule has 0 saturated carbocycles. The summed E-state index contributed by atoms with van der Waals surface area (Å²) >= 11 is 5.89. The van der Waals surface area contributed by atoms with Crippen LogP contribution >= 0.6 is 11.6 Å². The Hall–Kier alpha value is -1.09. The Balaban J connectivity index is 2.24. The van der Waals surface area contributed by atoms with Crippen molar-refractivity contribution < 1.29 is 9.18 Å². The van der Waals surface area contributed by atoms with Crippen molar-refractivity contribution in [3.05, 3.63) is 34.6 Å². The standard InChI is InChI=1S/C13H15ClFNO/c1-9-4-3-7-16(8-9)13(17)12-10(14)5-2-6-11(12)15/h2,5-6,9H,3-4,7-8H2,1H3/t9-/m1/s1. The van der Waals surface area contributed by atoms with Crippen LogP contribution in [0.2, 0.25) is 5.02 Å². The number of hydrogen-bond acceptors (Lipinski definition) is 1. The minimum atomic E-state index is -0.541. The predicted molar refractivity (Wildman–Crippen MR) is 65.7 cm³/mol. The van der Waals surface area contributed by atoms with Crippen LogP contribution in [0, 0.1) is 11.7 Å². The quantitative estimate of drug-likeness (QED) is 0.754. The zero-order valence-corrected chi connectivity index (χ0v) is 10.5. The lowest BCUT2D eigenvalue weighted by Gasteiger charge is -2.31. The molecule has 2 nitrogen and oxygen atoms in total. The van der Waals surface area contributed by atoms with Crippen LogP contribution in [0.5, 0.6) is 0 Å². The van der Waals surface area contributed by atoms with E-state index in [1.54, 1.807) is 11.0 Å². The van der Waals surface area contributed by atoms with E-state index in [2.05, 4.69) is 6.92 Å². The summed E-state index contributed by atoms with van der Waals surface area (Å²) in [5.74, 6) is -0.362. The van der Waals surface area contributed by atoms with E-state index in [0.717, 1.165) is 12.8 Å². The van der Waals surface area contributed by atoms with Crippen molar-refractivity contribution in [2.24, 2.45) is 5.92 Å². The van der Waals surface area contributed by atoms with E-state index in [0.29, 0.717) is 19.0 Å². The van der Waals surface area contributed by atoms with Crippen molar-refractivity contribution in [1.29, 1.82) is 0 Å². The monoisotopic (exact) mass is 255 g/mol. The Morgan fingerprint density at radius 1 is 1.53 bits per heavy atom. The fourth-order valence-corrected chi connectivity index (χ4v) is 2.48. The summed E-state index contributed by atoms with van der Waals surface area (Å²) in [6, 6.07) is 4.32. The van der Waals surface area contributed by atoms with Gasteiger partial charge >= 0.3 is 0 Å². The normalized spacial score (nSPS) is 20.4. The van der Waals surface area contributed by atoms with Gasteiger partial charge in [0, 0.05) is 13.1 Å². The lowest BCUT2D eigenvalue weighted by atomic mass is 9.99. The Morgan fingerprint density at radius 3 is 2.94 bits per heavy atom.